The van der Waals surface area contributed by atoms with Gasteiger partial charge >= 0.3 is 0 Å². The lowest BCUT2D eigenvalue weighted by atomic mass is 10.2. The normalized spacial score (nSPS) is 15.2. The number of aliphatic hydroxyl groups is 1. The SMILES string of the molecule is Cc1cccn2c(=O)c(C=C3SC(=S)N(Cc4ccccc4Cl)C3=O)c(NCCO)nc12. The number of pyridine rings is 1. The predicted octanol–water partition coefficient (Wildman–Crippen LogP) is 3.46. The topological polar surface area (TPSA) is 86.9 Å². The molecular formula is C22H19ClN4O3S2. The van der Waals surface area contributed by atoms with Crippen molar-refractivity contribution >= 4 is 63.3 Å². The highest BCUT2D eigenvalue weighted by molar-refractivity contribution is 8.26. The summed E-state index contributed by atoms with van der Waals surface area (Å²) in [6.45, 7) is 2.18. The fraction of sp³-hybridized carbons (Fsp3) is 0.182. The van der Waals surface area contributed by atoms with Crippen LogP contribution in [0.1, 0.15) is 16.7 Å². The molecule has 2 N–H and O–H groups in total. The Balaban J connectivity index is 1.76. The second-order valence-electron chi connectivity index (χ2n) is 7.07. The monoisotopic (exact) mass is 486 g/mol. The first-order valence-corrected chi connectivity index (χ1v) is 11.4. The van der Waals surface area contributed by atoms with E-state index in [4.69, 9.17) is 23.8 Å². The number of carbonyl (C=O) groups is 1. The molecule has 7 nitrogen and oxygen atoms in total. The van der Waals surface area contributed by atoms with Gasteiger partial charge in [0.25, 0.3) is 11.5 Å². The molecule has 3 heterocycles. The first kappa shape index (κ1) is 22.5. The van der Waals surface area contributed by atoms with E-state index in [2.05, 4.69) is 10.3 Å². The number of thioether (sulfide) groups is 1. The number of aliphatic hydroxyl groups excluding tert-OH is 1. The quantitative estimate of drug-likeness (QED) is 0.407. The molecular weight excluding hydrogens is 468 g/mol. The summed E-state index contributed by atoms with van der Waals surface area (Å²) in [5, 5.41) is 12.8. The lowest BCUT2D eigenvalue weighted by Crippen LogP contribution is -2.27. The van der Waals surface area contributed by atoms with E-state index in [-0.39, 0.29) is 36.7 Å². The molecule has 10 heteroatoms. The van der Waals surface area contributed by atoms with Crippen LogP contribution in [0.25, 0.3) is 11.7 Å². The van der Waals surface area contributed by atoms with E-state index in [1.54, 1.807) is 18.3 Å². The number of carbonyl (C=O) groups excluding carboxylic acids is 1. The highest BCUT2D eigenvalue weighted by atomic mass is 35.5. The van der Waals surface area contributed by atoms with Crippen molar-refractivity contribution in [1.82, 2.24) is 14.3 Å². The number of thiocarbonyl (C=S) groups is 1. The number of fused-ring (bicyclic) bond motifs is 1. The molecule has 0 radical (unpaired) electrons. The highest BCUT2D eigenvalue weighted by Gasteiger charge is 2.33. The molecule has 3 aromatic rings. The molecule has 1 aliphatic rings. The van der Waals surface area contributed by atoms with Gasteiger partial charge in [-0.2, -0.15) is 0 Å². The van der Waals surface area contributed by atoms with Crippen molar-refractivity contribution < 1.29 is 9.90 Å². The van der Waals surface area contributed by atoms with E-state index in [0.717, 1.165) is 22.9 Å². The van der Waals surface area contributed by atoms with Crippen molar-refractivity contribution in [1.29, 1.82) is 0 Å². The zero-order chi connectivity index (χ0) is 22.8. The fourth-order valence-electron chi connectivity index (χ4n) is 3.32. The van der Waals surface area contributed by atoms with Crippen molar-refractivity contribution in [2.75, 3.05) is 18.5 Å². The van der Waals surface area contributed by atoms with Crippen molar-refractivity contribution in [3.63, 3.8) is 0 Å². The molecule has 0 aliphatic carbocycles. The van der Waals surface area contributed by atoms with Gasteiger partial charge in [0, 0.05) is 17.8 Å². The van der Waals surface area contributed by atoms with Gasteiger partial charge in [-0.3, -0.25) is 18.9 Å². The third kappa shape index (κ3) is 4.29. The third-order valence-electron chi connectivity index (χ3n) is 4.92. The molecule has 32 heavy (non-hydrogen) atoms. The smallest absolute Gasteiger partial charge is 0.267 e. The first-order valence-electron chi connectivity index (χ1n) is 9.76. The number of nitrogens with one attached hydrogen (secondary N) is 1. The van der Waals surface area contributed by atoms with Gasteiger partial charge in [-0.1, -0.05) is 59.8 Å². The summed E-state index contributed by atoms with van der Waals surface area (Å²) in [7, 11) is 0. The number of hydrogen-bond acceptors (Lipinski definition) is 7. The molecule has 0 unspecified atom stereocenters. The van der Waals surface area contributed by atoms with Gasteiger partial charge in [-0.25, -0.2) is 4.98 Å². The first-order chi connectivity index (χ1) is 15.4. The minimum absolute atomic E-state index is 0.131. The summed E-state index contributed by atoms with van der Waals surface area (Å²) in [6.07, 6.45) is 3.14. The molecule has 1 amide bonds. The minimum atomic E-state index is -0.324. The molecule has 4 rings (SSSR count). The van der Waals surface area contributed by atoms with Crippen molar-refractivity contribution in [3.05, 3.63) is 79.6 Å². The van der Waals surface area contributed by atoms with Gasteiger partial charge in [0.2, 0.25) is 0 Å². The summed E-state index contributed by atoms with van der Waals surface area (Å²) in [5.41, 5.74) is 2.01. The Morgan fingerprint density at radius 2 is 2.03 bits per heavy atom. The van der Waals surface area contributed by atoms with Crippen molar-refractivity contribution in [2.24, 2.45) is 0 Å². The molecule has 0 bridgehead atoms. The average molecular weight is 487 g/mol. The van der Waals surface area contributed by atoms with Crippen LogP contribution in [0.15, 0.2) is 52.3 Å². The number of anilines is 1. The van der Waals surface area contributed by atoms with Gasteiger partial charge in [-0.15, -0.1) is 0 Å². The van der Waals surface area contributed by atoms with Gasteiger partial charge < -0.3 is 10.4 Å². The Morgan fingerprint density at radius 3 is 2.78 bits per heavy atom. The van der Waals surface area contributed by atoms with Crippen LogP contribution in [-0.4, -0.2) is 42.8 Å². The average Bonchev–Trinajstić information content (AvgIpc) is 3.04. The van der Waals surface area contributed by atoms with Crippen LogP contribution in [0.2, 0.25) is 5.02 Å². The largest absolute Gasteiger partial charge is 0.395 e. The van der Waals surface area contributed by atoms with Gasteiger partial charge in [0.15, 0.2) is 0 Å². The molecule has 0 spiro atoms. The summed E-state index contributed by atoms with van der Waals surface area (Å²) in [4.78, 5) is 32.7. The van der Waals surface area contributed by atoms with Crippen LogP contribution in [0.3, 0.4) is 0 Å². The van der Waals surface area contributed by atoms with E-state index in [9.17, 15) is 14.7 Å². The van der Waals surface area contributed by atoms with Crippen LogP contribution >= 0.6 is 35.6 Å². The fourth-order valence-corrected chi connectivity index (χ4v) is 4.75. The summed E-state index contributed by atoms with van der Waals surface area (Å²) < 4.78 is 1.83. The van der Waals surface area contributed by atoms with Crippen molar-refractivity contribution in [2.45, 2.75) is 13.5 Å². The van der Waals surface area contributed by atoms with Crippen LogP contribution in [0.4, 0.5) is 5.82 Å². The molecule has 0 atom stereocenters. The number of hydrogen-bond donors (Lipinski definition) is 2. The van der Waals surface area contributed by atoms with Crippen LogP contribution in [0.5, 0.6) is 0 Å². The Morgan fingerprint density at radius 1 is 1.25 bits per heavy atom. The molecule has 0 saturated carbocycles. The maximum Gasteiger partial charge on any atom is 0.267 e. The maximum atomic E-state index is 13.2. The van der Waals surface area contributed by atoms with E-state index >= 15 is 0 Å². The molecule has 1 aromatic carbocycles. The number of aryl methyl sites for hydroxylation is 1. The molecule has 164 valence electrons. The Bertz CT molecular complexity index is 1320. The van der Waals surface area contributed by atoms with Crippen LogP contribution in [-0.2, 0) is 11.3 Å². The predicted molar refractivity (Wildman–Crippen MR) is 132 cm³/mol. The zero-order valence-corrected chi connectivity index (χ0v) is 19.4. The van der Waals surface area contributed by atoms with Gasteiger partial charge in [0.1, 0.15) is 15.8 Å². The summed E-state index contributed by atoms with van der Waals surface area (Å²) in [5.74, 6) is -0.00325. The Hall–Kier alpha value is -2.72. The Kier molecular flexibility index (Phi) is 6.61. The lowest BCUT2D eigenvalue weighted by molar-refractivity contribution is -0.122. The van der Waals surface area contributed by atoms with Crippen LogP contribution < -0.4 is 10.9 Å². The van der Waals surface area contributed by atoms with E-state index < -0.39 is 0 Å². The number of rotatable bonds is 6. The van der Waals surface area contributed by atoms with Crippen LogP contribution in [0, 0.1) is 6.92 Å². The Labute approximate surface area is 198 Å². The maximum absolute atomic E-state index is 13.2. The third-order valence-corrected chi connectivity index (χ3v) is 6.67. The lowest BCUT2D eigenvalue weighted by Gasteiger charge is -2.15. The van der Waals surface area contributed by atoms with Gasteiger partial charge in [-0.05, 0) is 36.3 Å². The zero-order valence-electron chi connectivity index (χ0n) is 17.0. The number of halogens is 1. The van der Waals surface area contributed by atoms with E-state index in [0.29, 0.717) is 25.7 Å². The number of amides is 1. The van der Waals surface area contributed by atoms with Crippen molar-refractivity contribution in [3.8, 4) is 0 Å². The van der Waals surface area contributed by atoms with E-state index in [1.165, 1.54) is 15.4 Å². The molecule has 2 aromatic heterocycles. The number of benzene rings is 1. The standard InChI is InChI=1S/C22H19ClN4O3S2/c1-13-5-4-9-26-19(13)25-18(24-8-10-28)15(20(26)29)11-17-21(30)27(22(31)32-17)12-14-6-2-3-7-16(14)23/h2-7,9,11,24,28H,8,10,12H2,1H3. The highest BCUT2D eigenvalue weighted by Crippen LogP contribution is 2.34. The number of aromatic nitrogens is 2. The molecule has 1 aliphatic heterocycles. The molecule has 1 fully saturated rings. The summed E-state index contributed by atoms with van der Waals surface area (Å²) >= 11 is 12.8. The molecule has 1 saturated heterocycles. The summed E-state index contributed by atoms with van der Waals surface area (Å²) in [6, 6.07) is 10.9. The minimum Gasteiger partial charge on any atom is -0.395 e. The number of nitrogens with zero attached hydrogens (tertiary/aromatic N) is 3. The second kappa shape index (κ2) is 9.41. The van der Waals surface area contributed by atoms with E-state index in [1.807, 2.05) is 31.2 Å². The van der Waals surface area contributed by atoms with Gasteiger partial charge in [0.05, 0.1) is 23.6 Å². The second-order valence-corrected chi connectivity index (χ2v) is 9.16.